The highest BCUT2D eigenvalue weighted by Crippen LogP contribution is 2.08. The number of methoxy groups -OCH3 is 1. The lowest BCUT2D eigenvalue weighted by Crippen LogP contribution is -2.41. The number of nitrogens with zero attached hydrogens (tertiary/aromatic N) is 1. The fraction of sp³-hybridized carbons (Fsp3) is 0.278. The summed E-state index contributed by atoms with van der Waals surface area (Å²) in [5, 5.41) is 2.72. The highest BCUT2D eigenvalue weighted by molar-refractivity contribution is 5.96. The zero-order chi connectivity index (χ0) is 16.5. The Morgan fingerprint density at radius 2 is 1.96 bits per heavy atom. The Kier molecular flexibility index (Phi) is 6.29. The Morgan fingerprint density at radius 1 is 1.17 bits per heavy atom. The molecule has 0 unspecified atom stereocenters. The van der Waals surface area contributed by atoms with Crippen LogP contribution in [0.3, 0.4) is 0 Å². The largest absolute Gasteiger partial charge is 0.467 e. The van der Waals surface area contributed by atoms with Gasteiger partial charge in [0.15, 0.2) is 0 Å². The molecule has 1 aromatic carbocycles. The Hall–Kier alpha value is -2.69. The predicted molar refractivity (Wildman–Crippen MR) is 86.9 cm³/mol. The third-order valence-corrected chi connectivity index (χ3v) is 3.52. The summed E-state index contributed by atoms with van der Waals surface area (Å²) in [5.41, 5.74) is 1.62. The molecule has 120 valence electrons. The van der Waals surface area contributed by atoms with Crippen LogP contribution in [0, 0.1) is 0 Å². The number of aromatic nitrogens is 1. The molecule has 1 aromatic heterocycles. The van der Waals surface area contributed by atoms with E-state index in [4.69, 9.17) is 4.74 Å². The number of aryl methyl sites for hydroxylation is 1. The molecular weight excluding hydrogens is 292 g/mol. The van der Waals surface area contributed by atoms with Crippen LogP contribution in [-0.2, 0) is 16.0 Å². The van der Waals surface area contributed by atoms with E-state index < -0.39 is 12.0 Å². The highest BCUT2D eigenvalue weighted by atomic mass is 16.5. The van der Waals surface area contributed by atoms with Crippen molar-refractivity contribution in [3.05, 3.63) is 66.0 Å². The number of hydrogen-bond donors (Lipinski definition) is 1. The van der Waals surface area contributed by atoms with Crippen molar-refractivity contribution in [2.75, 3.05) is 7.11 Å². The summed E-state index contributed by atoms with van der Waals surface area (Å²) in [6.07, 6.45) is 5.20. The lowest BCUT2D eigenvalue weighted by molar-refractivity contribution is -0.143. The maximum Gasteiger partial charge on any atom is 0.328 e. The maximum atomic E-state index is 12.1. The molecule has 0 saturated carbocycles. The molecule has 2 aromatic rings. The van der Waals surface area contributed by atoms with Gasteiger partial charge in [0.25, 0.3) is 5.91 Å². The second-order valence-corrected chi connectivity index (χ2v) is 5.17. The summed E-state index contributed by atoms with van der Waals surface area (Å²) in [7, 11) is 1.32. The quantitative estimate of drug-likeness (QED) is 0.797. The predicted octanol–water partition coefficient (Wildman–Crippen LogP) is 2.38. The third kappa shape index (κ3) is 5.21. The standard InChI is InChI=1S/C18H20N2O3/c1-23-18(22)16(11-5-9-14-7-3-2-4-8-14)20-17(21)15-10-6-12-19-13-15/h2-4,6-8,10,12-13,16H,5,9,11H2,1H3,(H,20,21)/t16-/m0/s1. The van der Waals surface area contributed by atoms with Gasteiger partial charge >= 0.3 is 5.97 Å². The van der Waals surface area contributed by atoms with Crippen LogP contribution in [0.1, 0.15) is 28.8 Å². The van der Waals surface area contributed by atoms with Crippen LogP contribution < -0.4 is 5.32 Å². The van der Waals surface area contributed by atoms with Crippen LogP contribution in [0.4, 0.5) is 0 Å². The molecule has 5 nitrogen and oxygen atoms in total. The van der Waals surface area contributed by atoms with E-state index in [1.807, 2.05) is 30.3 Å². The van der Waals surface area contributed by atoms with Crippen molar-refractivity contribution in [1.82, 2.24) is 10.3 Å². The van der Waals surface area contributed by atoms with Gasteiger partial charge in [-0.3, -0.25) is 9.78 Å². The molecule has 1 N–H and O–H groups in total. The van der Waals surface area contributed by atoms with Gasteiger partial charge in [-0.15, -0.1) is 0 Å². The zero-order valence-electron chi connectivity index (χ0n) is 13.1. The first-order valence-corrected chi connectivity index (χ1v) is 7.53. The molecule has 1 atom stereocenters. The van der Waals surface area contributed by atoms with Crippen LogP contribution in [0.2, 0.25) is 0 Å². The van der Waals surface area contributed by atoms with Crippen molar-refractivity contribution in [1.29, 1.82) is 0 Å². The topological polar surface area (TPSA) is 68.3 Å². The summed E-state index contributed by atoms with van der Waals surface area (Å²) in [5.74, 6) is -0.761. The molecule has 0 saturated heterocycles. The summed E-state index contributed by atoms with van der Waals surface area (Å²) in [6.45, 7) is 0. The molecule has 0 aliphatic carbocycles. The number of esters is 1. The van der Waals surface area contributed by atoms with Gasteiger partial charge in [0.2, 0.25) is 0 Å². The number of nitrogens with one attached hydrogen (secondary N) is 1. The number of rotatable bonds is 7. The molecule has 0 spiro atoms. The van der Waals surface area contributed by atoms with Crippen molar-refractivity contribution in [3.63, 3.8) is 0 Å². The van der Waals surface area contributed by atoms with E-state index in [2.05, 4.69) is 10.3 Å². The van der Waals surface area contributed by atoms with Crippen molar-refractivity contribution in [2.24, 2.45) is 0 Å². The van der Waals surface area contributed by atoms with Crippen molar-refractivity contribution < 1.29 is 14.3 Å². The van der Waals surface area contributed by atoms with Crippen molar-refractivity contribution in [3.8, 4) is 0 Å². The molecule has 23 heavy (non-hydrogen) atoms. The van der Waals surface area contributed by atoms with Crippen molar-refractivity contribution >= 4 is 11.9 Å². The van der Waals surface area contributed by atoms with Gasteiger partial charge in [-0.2, -0.15) is 0 Å². The molecule has 1 heterocycles. The Labute approximate surface area is 135 Å². The van der Waals surface area contributed by atoms with Crippen LogP contribution >= 0.6 is 0 Å². The van der Waals surface area contributed by atoms with E-state index in [9.17, 15) is 9.59 Å². The van der Waals surface area contributed by atoms with Gasteiger partial charge in [-0.1, -0.05) is 30.3 Å². The van der Waals surface area contributed by atoms with E-state index in [-0.39, 0.29) is 5.91 Å². The molecule has 0 aliphatic heterocycles. The average Bonchev–Trinajstić information content (AvgIpc) is 2.61. The smallest absolute Gasteiger partial charge is 0.328 e. The molecule has 1 amide bonds. The van der Waals surface area contributed by atoms with Crippen LogP contribution in [0.25, 0.3) is 0 Å². The van der Waals surface area contributed by atoms with Gasteiger partial charge in [0.1, 0.15) is 6.04 Å². The first kappa shape index (κ1) is 16.7. The fourth-order valence-corrected chi connectivity index (χ4v) is 2.28. The summed E-state index contributed by atoms with van der Waals surface area (Å²) in [6, 6.07) is 12.7. The number of ether oxygens (including phenoxy) is 1. The third-order valence-electron chi connectivity index (χ3n) is 3.52. The van der Waals surface area contributed by atoms with E-state index in [1.54, 1.807) is 18.3 Å². The second-order valence-electron chi connectivity index (χ2n) is 5.17. The minimum atomic E-state index is -0.656. The van der Waals surface area contributed by atoms with Gasteiger partial charge in [-0.25, -0.2) is 4.79 Å². The Morgan fingerprint density at radius 3 is 2.61 bits per heavy atom. The molecule has 0 radical (unpaired) electrons. The number of hydrogen-bond acceptors (Lipinski definition) is 4. The lowest BCUT2D eigenvalue weighted by atomic mass is 10.0. The van der Waals surface area contributed by atoms with E-state index in [1.165, 1.54) is 18.9 Å². The zero-order valence-corrected chi connectivity index (χ0v) is 13.1. The summed E-state index contributed by atoms with van der Waals surface area (Å²) >= 11 is 0. The SMILES string of the molecule is COC(=O)[C@H](CCCc1ccccc1)NC(=O)c1cccnc1. The average molecular weight is 312 g/mol. The summed E-state index contributed by atoms with van der Waals surface area (Å²) in [4.78, 5) is 27.9. The number of pyridine rings is 1. The van der Waals surface area contributed by atoms with E-state index >= 15 is 0 Å². The molecule has 0 aliphatic rings. The van der Waals surface area contributed by atoms with Crippen molar-refractivity contribution in [2.45, 2.75) is 25.3 Å². The van der Waals surface area contributed by atoms with Crippen LogP contribution in [-0.4, -0.2) is 30.0 Å². The van der Waals surface area contributed by atoms with Crippen LogP contribution in [0.15, 0.2) is 54.9 Å². The fourth-order valence-electron chi connectivity index (χ4n) is 2.28. The van der Waals surface area contributed by atoms with Gasteiger partial charge in [-0.05, 0) is 37.0 Å². The molecule has 0 bridgehead atoms. The minimum absolute atomic E-state index is 0.326. The van der Waals surface area contributed by atoms with Gasteiger partial charge in [0, 0.05) is 12.4 Å². The molecule has 0 fully saturated rings. The number of carbonyl (C=O) groups excluding carboxylic acids is 2. The first-order valence-electron chi connectivity index (χ1n) is 7.53. The Balaban J connectivity index is 1.92. The number of benzene rings is 1. The first-order chi connectivity index (χ1) is 11.2. The maximum absolute atomic E-state index is 12.1. The molecular formula is C18H20N2O3. The second kappa shape index (κ2) is 8.68. The highest BCUT2D eigenvalue weighted by Gasteiger charge is 2.21. The lowest BCUT2D eigenvalue weighted by Gasteiger charge is -2.16. The van der Waals surface area contributed by atoms with Crippen LogP contribution in [0.5, 0.6) is 0 Å². The van der Waals surface area contributed by atoms with Gasteiger partial charge < -0.3 is 10.1 Å². The molecule has 2 rings (SSSR count). The number of carbonyl (C=O) groups is 2. The van der Waals surface area contributed by atoms with E-state index in [0.717, 1.165) is 12.8 Å². The molecule has 5 heteroatoms. The normalized spacial score (nSPS) is 11.5. The monoisotopic (exact) mass is 312 g/mol. The Bertz CT molecular complexity index is 629. The van der Waals surface area contributed by atoms with Gasteiger partial charge in [0.05, 0.1) is 12.7 Å². The minimum Gasteiger partial charge on any atom is -0.467 e. The number of amides is 1. The van der Waals surface area contributed by atoms with E-state index in [0.29, 0.717) is 12.0 Å². The summed E-state index contributed by atoms with van der Waals surface area (Å²) < 4.78 is 4.78.